The van der Waals surface area contributed by atoms with Gasteiger partial charge in [0.25, 0.3) is 0 Å². The van der Waals surface area contributed by atoms with Crippen LogP contribution in [0.4, 0.5) is 5.69 Å². The first-order valence-corrected chi connectivity index (χ1v) is 7.33. The number of rotatable bonds is 6. The zero-order chi connectivity index (χ0) is 14.5. The van der Waals surface area contributed by atoms with Gasteiger partial charge in [-0.1, -0.05) is 19.1 Å². The van der Waals surface area contributed by atoms with Crippen molar-refractivity contribution >= 4 is 5.69 Å². The molecule has 108 valence electrons. The van der Waals surface area contributed by atoms with Crippen LogP contribution in [-0.4, -0.2) is 14.8 Å². The highest BCUT2D eigenvalue weighted by Crippen LogP contribution is 2.19. The van der Waals surface area contributed by atoms with E-state index in [4.69, 9.17) is 0 Å². The highest BCUT2D eigenvalue weighted by Gasteiger charge is 2.00. The van der Waals surface area contributed by atoms with E-state index < -0.39 is 0 Å². The second kappa shape index (κ2) is 6.31. The molecule has 0 aliphatic carbocycles. The number of hydrogen-bond donors (Lipinski definition) is 2. The minimum Gasteiger partial charge on any atom is -0.381 e. The van der Waals surface area contributed by atoms with Gasteiger partial charge < -0.3 is 9.88 Å². The molecule has 2 N–H and O–H groups in total. The summed E-state index contributed by atoms with van der Waals surface area (Å²) in [5.74, 6) is 0. The monoisotopic (exact) mass is 280 g/mol. The quantitative estimate of drug-likeness (QED) is 0.719. The minimum atomic E-state index is 0.847. The highest BCUT2D eigenvalue weighted by atomic mass is 15.1. The number of nitrogens with zero attached hydrogens (tertiary/aromatic N) is 2. The molecule has 2 aromatic heterocycles. The van der Waals surface area contributed by atoms with Gasteiger partial charge in [0.2, 0.25) is 0 Å². The third kappa shape index (κ3) is 3.34. The number of anilines is 1. The van der Waals surface area contributed by atoms with E-state index in [9.17, 15) is 0 Å². The first-order chi connectivity index (χ1) is 10.3. The van der Waals surface area contributed by atoms with Crippen molar-refractivity contribution < 1.29 is 0 Å². The average molecular weight is 280 g/mol. The highest BCUT2D eigenvalue weighted by molar-refractivity contribution is 5.62. The molecule has 3 aromatic rings. The van der Waals surface area contributed by atoms with E-state index in [1.807, 2.05) is 6.07 Å². The molecule has 21 heavy (non-hydrogen) atoms. The van der Waals surface area contributed by atoms with Crippen LogP contribution in [0, 0.1) is 0 Å². The molecular formula is C17H20N4. The average Bonchev–Trinajstić information content (AvgIpc) is 3.18. The van der Waals surface area contributed by atoms with Crippen LogP contribution in [0.25, 0.3) is 11.3 Å². The second-order valence-corrected chi connectivity index (χ2v) is 5.16. The Bertz CT molecular complexity index is 665. The standard InChI is InChI=1S/C17H20N4/c1-2-10-21-11-8-14(13-21)12-18-16-5-3-15(4-6-16)17-7-9-19-20-17/h3-9,11,13,18H,2,10,12H2,1H3,(H,19,20). The lowest BCUT2D eigenvalue weighted by molar-refractivity contribution is 0.682. The van der Waals surface area contributed by atoms with Gasteiger partial charge in [0.1, 0.15) is 0 Å². The Kier molecular flexibility index (Phi) is 4.05. The Morgan fingerprint density at radius 2 is 2.00 bits per heavy atom. The van der Waals surface area contributed by atoms with Gasteiger partial charge in [-0.2, -0.15) is 5.10 Å². The third-order valence-electron chi connectivity index (χ3n) is 3.49. The number of aryl methyl sites for hydroxylation is 1. The van der Waals surface area contributed by atoms with Gasteiger partial charge in [-0.3, -0.25) is 5.10 Å². The molecule has 4 nitrogen and oxygen atoms in total. The first-order valence-electron chi connectivity index (χ1n) is 7.33. The Hall–Kier alpha value is -2.49. The fraction of sp³-hybridized carbons (Fsp3) is 0.235. The summed E-state index contributed by atoms with van der Waals surface area (Å²) in [6.07, 6.45) is 7.27. The van der Waals surface area contributed by atoms with E-state index in [0.29, 0.717) is 0 Å². The molecule has 2 heterocycles. The predicted octanol–water partition coefficient (Wildman–Crippen LogP) is 3.90. The molecule has 4 heteroatoms. The molecule has 1 aromatic carbocycles. The van der Waals surface area contributed by atoms with Gasteiger partial charge in [-0.05, 0) is 41.8 Å². The zero-order valence-electron chi connectivity index (χ0n) is 12.2. The minimum absolute atomic E-state index is 0.847. The SMILES string of the molecule is CCCn1ccc(CNc2ccc(-c3ccn[nH]3)cc2)c1. The van der Waals surface area contributed by atoms with Crippen molar-refractivity contribution in [3.8, 4) is 11.3 Å². The van der Waals surface area contributed by atoms with Crippen LogP contribution in [0.1, 0.15) is 18.9 Å². The lowest BCUT2D eigenvalue weighted by Crippen LogP contribution is -1.98. The number of aromatic nitrogens is 3. The van der Waals surface area contributed by atoms with E-state index in [-0.39, 0.29) is 0 Å². The topological polar surface area (TPSA) is 45.6 Å². The van der Waals surface area contributed by atoms with Crippen LogP contribution in [0.15, 0.2) is 55.0 Å². The van der Waals surface area contributed by atoms with E-state index in [2.05, 4.69) is 69.7 Å². The van der Waals surface area contributed by atoms with Crippen LogP contribution in [0.5, 0.6) is 0 Å². The summed E-state index contributed by atoms with van der Waals surface area (Å²) in [5.41, 5.74) is 4.62. The fourth-order valence-electron chi connectivity index (χ4n) is 2.38. The van der Waals surface area contributed by atoms with Crippen molar-refractivity contribution in [1.82, 2.24) is 14.8 Å². The maximum Gasteiger partial charge on any atom is 0.0650 e. The van der Waals surface area contributed by atoms with Crippen molar-refractivity contribution in [2.45, 2.75) is 26.4 Å². The summed E-state index contributed by atoms with van der Waals surface area (Å²) in [5, 5.41) is 10.4. The maximum atomic E-state index is 3.97. The van der Waals surface area contributed by atoms with Crippen LogP contribution in [0.2, 0.25) is 0 Å². The summed E-state index contributed by atoms with van der Waals surface area (Å²) < 4.78 is 2.23. The molecule has 0 amide bonds. The van der Waals surface area contributed by atoms with E-state index in [0.717, 1.165) is 36.5 Å². The number of hydrogen-bond acceptors (Lipinski definition) is 2. The van der Waals surface area contributed by atoms with Crippen molar-refractivity contribution in [1.29, 1.82) is 0 Å². The number of aromatic amines is 1. The lowest BCUT2D eigenvalue weighted by atomic mass is 10.1. The van der Waals surface area contributed by atoms with Crippen LogP contribution >= 0.6 is 0 Å². The molecule has 0 aliphatic heterocycles. The third-order valence-corrected chi connectivity index (χ3v) is 3.49. The Morgan fingerprint density at radius 1 is 1.14 bits per heavy atom. The molecule has 0 atom stereocenters. The van der Waals surface area contributed by atoms with Crippen LogP contribution in [0.3, 0.4) is 0 Å². The summed E-state index contributed by atoms with van der Waals surface area (Å²) >= 11 is 0. The summed E-state index contributed by atoms with van der Waals surface area (Å²) in [7, 11) is 0. The zero-order valence-corrected chi connectivity index (χ0v) is 12.2. The summed E-state index contributed by atoms with van der Waals surface area (Å²) in [6.45, 7) is 4.12. The number of H-pyrrole nitrogens is 1. The molecular weight excluding hydrogens is 260 g/mol. The normalized spacial score (nSPS) is 10.7. The first kappa shape index (κ1) is 13.5. The van der Waals surface area contributed by atoms with Gasteiger partial charge in [0.05, 0.1) is 5.69 Å². The smallest absolute Gasteiger partial charge is 0.0650 e. The fourth-order valence-corrected chi connectivity index (χ4v) is 2.38. The van der Waals surface area contributed by atoms with E-state index >= 15 is 0 Å². The van der Waals surface area contributed by atoms with E-state index in [1.165, 1.54) is 5.56 Å². The van der Waals surface area contributed by atoms with Crippen molar-refractivity contribution in [2.24, 2.45) is 0 Å². The summed E-state index contributed by atoms with van der Waals surface area (Å²) in [6, 6.07) is 12.5. The lowest BCUT2D eigenvalue weighted by Gasteiger charge is -2.06. The Morgan fingerprint density at radius 3 is 2.71 bits per heavy atom. The van der Waals surface area contributed by atoms with Crippen LogP contribution in [-0.2, 0) is 13.1 Å². The van der Waals surface area contributed by atoms with Gasteiger partial charge in [-0.15, -0.1) is 0 Å². The van der Waals surface area contributed by atoms with Crippen LogP contribution < -0.4 is 5.32 Å². The van der Waals surface area contributed by atoms with Gasteiger partial charge >= 0.3 is 0 Å². The molecule has 0 fully saturated rings. The second-order valence-electron chi connectivity index (χ2n) is 5.16. The van der Waals surface area contributed by atoms with E-state index in [1.54, 1.807) is 6.20 Å². The predicted molar refractivity (Wildman–Crippen MR) is 86.1 cm³/mol. The van der Waals surface area contributed by atoms with Gasteiger partial charge in [-0.25, -0.2) is 0 Å². The van der Waals surface area contributed by atoms with Gasteiger partial charge in [0, 0.05) is 37.4 Å². The molecule has 3 rings (SSSR count). The van der Waals surface area contributed by atoms with Crippen molar-refractivity contribution in [2.75, 3.05) is 5.32 Å². The Balaban J connectivity index is 1.60. The molecule has 0 saturated carbocycles. The van der Waals surface area contributed by atoms with Crippen molar-refractivity contribution in [3.05, 3.63) is 60.6 Å². The number of nitrogens with one attached hydrogen (secondary N) is 2. The summed E-state index contributed by atoms with van der Waals surface area (Å²) in [4.78, 5) is 0. The molecule has 0 unspecified atom stereocenters. The maximum absolute atomic E-state index is 3.97. The largest absolute Gasteiger partial charge is 0.381 e. The van der Waals surface area contributed by atoms with Gasteiger partial charge in [0.15, 0.2) is 0 Å². The molecule has 0 aliphatic rings. The molecule has 0 radical (unpaired) electrons. The molecule has 0 spiro atoms. The number of benzene rings is 1. The Labute approximate surface area is 124 Å². The molecule has 0 bridgehead atoms. The van der Waals surface area contributed by atoms with Crippen molar-refractivity contribution in [3.63, 3.8) is 0 Å². The molecule has 0 saturated heterocycles.